The minimum Gasteiger partial charge on any atom is -0.323 e. The number of amides is 3. The predicted molar refractivity (Wildman–Crippen MR) is 65.5 cm³/mol. The van der Waals surface area contributed by atoms with Crippen LogP contribution in [0.1, 0.15) is 25.3 Å². The van der Waals surface area contributed by atoms with Crippen molar-refractivity contribution in [3.05, 3.63) is 5.01 Å². The summed E-state index contributed by atoms with van der Waals surface area (Å²) >= 11 is 1.20. The monoisotopic (exact) mass is 270 g/mol. The molecule has 1 saturated heterocycles. The molecule has 1 unspecified atom stereocenters. The lowest BCUT2D eigenvalue weighted by Crippen LogP contribution is -2.43. The Kier molecular flexibility index (Phi) is 3.18. The molecule has 3 amide bonds. The van der Waals surface area contributed by atoms with Gasteiger partial charge in [-0.1, -0.05) is 18.3 Å². The fourth-order valence-corrected chi connectivity index (χ4v) is 2.28. The van der Waals surface area contributed by atoms with E-state index in [4.69, 9.17) is 5.84 Å². The molecule has 9 heteroatoms. The molecular weight excluding hydrogens is 256 g/mol. The summed E-state index contributed by atoms with van der Waals surface area (Å²) in [6.45, 7) is 3.67. The van der Waals surface area contributed by atoms with Gasteiger partial charge in [-0.05, 0) is 13.3 Å². The van der Waals surface area contributed by atoms with Crippen molar-refractivity contribution in [3.63, 3.8) is 0 Å². The van der Waals surface area contributed by atoms with Crippen LogP contribution >= 0.6 is 11.3 Å². The molecule has 0 spiro atoms. The number of rotatable bonds is 4. The second-order valence-corrected chi connectivity index (χ2v) is 5.21. The largest absolute Gasteiger partial charge is 0.325 e. The molecule has 1 aromatic rings. The van der Waals surface area contributed by atoms with Crippen molar-refractivity contribution in [2.75, 3.05) is 5.43 Å². The number of aromatic nitrogens is 2. The van der Waals surface area contributed by atoms with E-state index >= 15 is 0 Å². The molecule has 0 aliphatic carbocycles. The SMILES string of the molecule is CCC1(C)NC(=O)N(Cc2nnc(NN)s2)C1=O. The van der Waals surface area contributed by atoms with Crippen LogP contribution in [0.3, 0.4) is 0 Å². The predicted octanol–water partition coefficient (Wildman–Crippen LogP) is 0.0442. The molecule has 1 aliphatic rings. The highest BCUT2D eigenvalue weighted by Crippen LogP contribution is 2.24. The third-order valence-corrected chi connectivity index (χ3v) is 3.78. The summed E-state index contributed by atoms with van der Waals surface area (Å²) in [5, 5.41) is 11.3. The summed E-state index contributed by atoms with van der Waals surface area (Å²) in [5.74, 6) is 4.95. The number of hydrogen-bond donors (Lipinski definition) is 3. The molecule has 1 atom stereocenters. The van der Waals surface area contributed by atoms with Crippen molar-refractivity contribution in [1.82, 2.24) is 20.4 Å². The molecular formula is C9H14N6O2S. The number of hydrazine groups is 1. The molecule has 98 valence electrons. The second-order valence-electron chi connectivity index (χ2n) is 4.15. The highest BCUT2D eigenvalue weighted by molar-refractivity contribution is 7.15. The van der Waals surface area contributed by atoms with Gasteiger partial charge < -0.3 is 5.32 Å². The van der Waals surface area contributed by atoms with Crippen LogP contribution in [0.15, 0.2) is 0 Å². The maximum atomic E-state index is 12.1. The third-order valence-electron chi connectivity index (χ3n) is 2.94. The molecule has 4 N–H and O–H groups in total. The zero-order chi connectivity index (χ0) is 13.3. The first kappa shape index (κ1) is 12.7. The number of nitrogens with one attached hydrogen (secondary N) is 2. The van der Waals surface area contributed by atoms with Gasteiger partial charge in [0, 0.05) is 0 Å². The first-order valence-electron chi connectivity index (χ1n) is 5.43. The van der Waals surface area contributed by atoms with E-state index in [0.717, 1.165) is 4.90 Å². The zero-order valence-electron chi connectivity index (χ0n) is 10.1. The Morgan fingerprint density at radius 3 is 2.72 bits per heavy atom. The van der Waals surface area contributed by atoms with Crippen LogP contribution in [0.25, 0.3) is 0 Å². The number of carbonyl (C=O) groups is 2. The molecule has 1 fully saturated rings. The van der Waals surface area contributed by atoms with Crippen LogP contribution in [0.4, 0.5) is 9.93 Å². The van der Waals surface area contributed by atoms with Crippen molar-refractivity contribution >= 4 is 28.4 Å². The number of nitrogen functional groups attached to an aromatic ring is 1. The van der Waals surface area contributed by atoms with Gasteiger partial charge in [0.1, 0.15) is 10.5 Å². The van der Waals surface area contributed by atoms with Gasteiger partial charge in [0.25, 0.3) is 5.91 Å². The van der Waals surface area contributed by atoms with Crippen LogP contribution in [0.2, 0.25) is 0 Å². The van der Waals surface area contributed by atoms with Crippen molar-refractivity contribution < 1.29 is 9.59 Å². The average molecular weight is 270 g/mol. The van der Waals surface area contributed by atoms with E-state index in [1.807, 2.05) is 6.92 Å². The van der Waals surface area contributed by atoms with Crippen molar-refractivity contribution in [2.45, 2.75) is 32.4 Å². The Balaban J connectivity index is 2.14. The van der Waals surface area contributed by atoms with E-state index in [1.165, 1.54) is 11.3 Å². The molecule has 0 saturated carbocycles. The lowest BCUT2D eigenvalue weighted by Gasteiger charge is -2.18. The molecule has 2 heterocycles. The minimum absolute atomic E-state index is 0.111. The van der Waals surface area contributed by atoms with Gasteiger partial charge in [0.2, 0.25) is 5.13 Å². The number of carbonyl (C=O) groups excluding carboxylic acids is 2. The van der Waals surface area contributed by atoms with E-state index < -0.39 is 11.6 Å². The number of hydrogen-bond acceptors (Lipinski definition) is 7. The number of nitrogens with two attached hydrogens (primary N) is 1. The van der Waals surface area contributed by atoms with Gasteiger partial charge in [-0.3, -0.25) is 15.1 Å². The zero-order valence-corrected chi connectivity index (χ0v) is 10.9. The third kappa shape index (κ3) is 2.02. The summed E-state index contributed by atoms with van der Waals surface area (Å²) in [6, 6.07) is -0.401. The fraction of sp³-hybridized carbons (Fsp3) is 0.556. The van der Waals surface area contributed by atoms with Crippen LogP contribution in [-0.4, -0.2) is 32.6 Å². The lowest BCUT2D eigenvalue weighted by atomic mass is 9.99. The molecule has 1 aromatic heterocycles. The van der Waals surface area contributed by atoms with Crippen molar-refractivity contribution in [3.8, 4) is 0 Å². The van der Waals surface area contributed by atoms with Crippen molar-refractivity contribution in [1.29, 1.82) is 0 Å². The first-order chi connectivity index (χ1) is 8.50. The van der Waals surface area contributed by atoms with E-state index in [-0.39, 0.29) is 12.5 Å². The van der Waals surface area contributed by atoms with E-state index in [2.05, 4.69) is 20.9 Å². The molecule has 1 aliphatic heterocycles. The summed E-state index contributed by atoms with van der Waals surface area (Å²) in [5.41, 5.74) is 1.54. The number of anilines is 1. The van der Waals surface area contributed by atoms with Gasteiger partial charge in [-0.2, -0.15) is 0 Å². The van der Waals surface area contributed by atoms with E-state index in [0.29, 0.717) is 16.6 Å². The maximum Gasteiger partial charge on any atom is 0.325 e. The average Bonchev–Trinajstić information content (AvgIpc) is 2.89. The standard InChI is InChI=1S/C9H14N6O2S/c1-3-9(2)6(16)15(8(17)11-9)4-5-13-14-7(12-10)18-5/h3-4,10H2,1-2H3,(H,11,17)(H,12,14). The maximum absolute atomic E-state index is 12.1. The van der Waals surface area contributed by atoms with Crippen LogP contribution in [-0.2, 0) is 11.3 Å². The molecule has 8 nitrogen and oxygen atoms in total. The summed E-state index contributed by atoms with van der Waals surface area (Å²) < 4.78 is 0. The summed E-state index contributed by atoms with van der Waals surface area (Å²) in [4.78, 5) is 25.0. The number of nitrogens with zero attached hydrogens (tertiary/aromatic N) is 3. The quantitative estimate of drug-likeness (QED) is 0.404. The number of imide groups is 1. The smallest absolute Gasteiger partial charge is 0.323 e. The van der Waals surface area contributed by atoms with Gasteiger partial charge >= 0.3 is 6.03 Å². The second kappa shape index (κ2) is 4.50. The Morgan fingerprint density at radius 1 is 1.50 bits per heavy atom. The molecule has 0 radical (unpaired) electrons. The van der Waals surface area contributed by atoms with Crippen LogP contribution in [0.5, 0.6) is 0 Å². The van der Waals surface area contributed by atoms with Gasteiger partial charge in [-0.25, -0.2) is 10.6 Å². The summed E-state index contributed by atoms with van der Waals surface area (Å²) in [6.07, 6.45) is 0.541. The minimum atomic E-state index is -0.823. The van der Waals surface area contributed by atoms with Crippen LogP contribution in [0, 0.1) is 0 Å². The van der Waals surface area contributed by atoms with Crippen LogP contribution < -0.4 is 16.6 Å². The lowest BCUT2D eigenvalue weighted by molar-refractivity contribution is -0.131. The van der Waals surface area contributed by atoms with Gasteiger partial charge in [0.15, 0.2) is 0 Å². The Morgan fingerprint density at radius 2 is 2.22 bits per heavy atom. The Bertz CT molecular complexity index is 489. The Hall–Kier alpha value is -1.74. The topological polar surface area (TPSA) is 113 Å². The van der Waals surface area contributed by atoms with E-state index in [9.17, 15) is 9.59 Å². The van der Waals surface area contributed by atoms with Gasteiger partial charge in [-0.15, -0.1) is 10.2 Å². The molecule has 0 bridgehead atoms. The molecule has 18 heavy (non-hydrogen) atoms. The Labute approximate surface area is 108 Å². The normalized spacial score (nSPS) is 23.4. The fourth-order valence-electron chi connectivity index (χ4n) is 1.64. The van der Waals surface area contributed by atoms with Gasteiger partial charge in [0.05, 0.1) is 6.54 Å². The summed E-state index contributed by atoms with van der Waals surface area (Å²) in [7, 11) is 0. The molecule has 2 rings (SSSR count). The highest BCUT2D eigenvalue weighted by Gasteiger charge is 2.46. The molecule has 0 aromatic carbocycles. The van der Waals surface area contributed by atoms with Crippen molar-refractivity contribution in [2.24, 2.45) is 5.84 Å². The van der Waals surface area contributed by atoms with E-state index in [1.54, 1.807) is 6.92 Å². The number of urea groups is 1. The first-order valence-corrected chi connectivity index (χ1v) is 6.25. The highest BCUT2D eigenvalue weighted by atomic mass is 32.1.